The molecule has 4 heteroatoms. The van der Waals surface area contributed by atoms with Gasteiger partial charge in [0.25, 0.3) is 0 Å². The number of carboxylic acids is 1. The second kappa shape index (κ2) is 6.80. The lowest BCUT2D eigenvalue weighted by molar-refractivity contribution is -0.159. The van der Waals surface area contributed by atoms with E-state index in [1.165, 1.54) is 5.56 Å². The quantitative estimate of drug-likeness (QED) is 0.848. The van der Waals surface area contributed by atoms with E-state index in [9.17, 15) is 15.0 Å². The Kier molecular flexibility index (Phi) is 5.24. The van der Waals surface area contributed by atoms with Crippen LogP contribution in [0.3, 0.4) is 0 Å². The van der Waals surface area contributed by atoms with Crippen molar-refractivity contribution in [1.82, 2.24) is 4.90 Å². The number of likely N-dealkylation sites (tertiary alicyclic amines) is 1. The number of carbonyl (C=O) groups is 1. The smallest absolute Gasteiger partial charge is 0.309 e. The summed E-state index contributed by atoms with van der Waals surface area (Å²) in [6.45, 7) is 6.33. The van der Waals surface area contributed by atoms with Crippen molar-refractivity contribution in [3.05, 3.63) is 35.9 Å². The average molecular weight is 305 g/mol. The van der Waals surface area contributed by atoms with Crippen LogP contribution in [0.4, 0.5) is 0 Å². The van der Waals surface area contributed by atoms with Crippen molar-refractivity contribution in [1.29, 1.82) is 0 Å². The first-order chi connectivity index (χ1) is 10.4. The summed E-state index contributed by atoms with van der Waals surface area (Å²) >= 11 is 0. The van der Waals surface area contributed by atoms with E-state index < -0.39 is 11.4 Å². The van der Waals surface area contributed by atoms with E-state index in [2.05, 4.69) is 17.0 Å². The molecule has 2 rings (SSSR count). The van der Waals surface area contributed by atoms with E-state index in [-0.39, 0.29) is 12.0 Å². The number of nitrogens with zero attached hydrogens (tertiary/aromatic N) is 1. The summed E-state index contributed by atoms with van der Waals surface area (Å²) < 4.78 is 0. The lowest BCUT2D eigenvalue weighted by atomic mass is 9.59. The standard InChI is InChI=1S/C18H27NO3/c1-17(2,16(21)22)18(10-13-20)8-11-19(12-9-18)14-15-6-4-3-5-7-15/h3-7,20H,8-14H2,1-2H3,(H,21,22). The van der Waals surface area contributed by atoms with E-state index in [1.807, 2.05) is 18.2 Å². The number of aliphatic hydroxyl groups is 1. The number of carboxylic acid groups (broad SMARTS) is 1. The molecular formula is C18H27NO3. The van der Waals surface area contributed by atoms with Crippen molar-refractivity contribution in [3.8, 4) is 0 Å². The largest absolute Gasteiger partial charge is 0.481 e. The number of piperidine rings is 1. The lowest BCUT2D eigenvalue weighted by Crippen LogP contribution is -2.51. The Balaban J connectivity index is 2.05. The van der Waals surface area contributed by atoms with Crippen LogP contribution in [0.15, 0.2) is 30.3 Å². The summed E-state index contributed by atoms with van der Waals surface area (Å²) in [7, 11) is 0. The number of aliphatic carboxylic acids is 1. The minimum Gasteiger partial charge on any atom is -0.481 e. The first kappa shape index (κ1) is 17.0. The fraction of sp³-hybridized carbons (Fsp3) is 0.611. The minimum absolute atomic E-state index is 0.0510. The van der Waals surface area contributed by atoms with Gasteiger partial charge < -0.3 is 10.2 Å². The number of benzene rings is 1. The molecule has 0 bridgehead atoms. The summed E-state index contributed by atoms with van der Waals surface area (Å²) in [4.78, 5) is 14.1. The molecule has 1 aromatic rings. The molecule has 4 nitrogen and oxygen atoms in total. The number of rotatable bonds is 6. The maximum absolute atomic E-state index is 11.7. The molecule has 0 unspecified atom stereocenters. The third-order valence-electron chi connectivity index (χ3n) is 5.51. The summed E-state index contributed by atoms with van der Waals surface area (Å²) in [5.74, 6) is -0.766. The molecule has 0 saturated carbocycles. The van der Waals surface area contributed by atoms with Crippen LogP contribution in [0, 0.1) is 10.8 Å². The summed E-state index contributed by atoms with van der Waals surface area (Å²) in [6, 6.07) is 10.3. The molecular weight excluding hydrogens is 278 g/mol. The molecule has 122 valence electrons. The molecule has 1 aromatic carbocycles. The van der Waals surface area contributed by atoms with Crippen molar-refractivity contribution < 1.29 is 15.0 Å². The van der Waals surface area contributed by atoms with Gasteiger partial charge in [-0.2, -0.15) is 0 Å². The van der Waals surface area contributed by atoms with Crippen LogP contribution in [-0.4, -0.2) is 40.8 Å². The molecule has 0 aromatic heterocycles. The Labute approximate surface area is 132 Å². The third-order valence-corrected chi connectivity index (χ3v) is 5.51. The van der Waals surface area contributed by atoms with Gasteiger partial charge in [-0.3, -0.25) is 9.69 Å². The minimum atomic E-state index is -0.811. The van der Waals surface area contributed by atoms with Gasteiger partial charge in [0.15, 0.2) is 0 Å². The lowest BCUT2D eigenvalue weighted by Gasteiger charge is -2.49. The Bertz CT molecular complexity index is 490. The van der Waals surface area contributed by atoms with E-state index in [1.54, 1.807) is 13.8 Å². The van der Waals surface area contributed by atoms with Gasteiger partial charge in [-0.1, -0.05) is 30.3 Å². The molecule has 1 heterocycles. The molecule has 1 aliphatic heterocycles. The van der Waals surface area contributed by atoms with Crippen LogP contribution in [0.2, 0.25) is 0 Å². The maximum Gasteiger partial charge on any atom is 0.309 e. The number of hydrogen-bond donors (Lipinski definition) is 2. The van der Waals surface area contributed by atoms with E-state index in [0.717, 1.165) is 32.5 Å². The first-order valence-electron chi connectivity index (χ1n) is 8.02. The van der Waals surface area contributed by atoms with Crippen LogP contribution >= 0.6 is 0 Å². The highest BCUT2D eigenvalue weighted by molar-refractivity contribution is 5.74. The molecule has 0 atom stereocenters. The maximum atomic E-state index is 11.7. The Morgan fingerprint density at radius 2 is 1.82 bits per heavy atom. The SMILES string of the molecule is CC(C)(C(=O)O)C1(CCO)CCN(Cc2ccccc2)CC1. The topological polar surface area (TPSA) is 60.8 Å². The van der Waals surface area contributed by atoms with E-state index in [4.69, 9.17) is 0 Å². The van der Waals surface area contributed by atoms with Crippen molar-refractivity contribution in [2.45, 2.75) is 39.7 Å². The summed E-state index contributed by atoms with van der Waals surface area (Å²) in [5.41, 5.74) is 0.157. The fourth-order valence-electron chi connectivity index (χ4n) is 3.61. The molecule has 0 amide bonds. The molecule has 0 radical (unpaired) electrons. The van der Waals surface area contributed by atoms with Gasteiger partial charge in [0.05, 0.1) is 5.41 Å². The first-order valence-corrected chi connectivity index (χ1v) is 8.02. The van der Waals surface area contributed by atoms with Crippen LogP contribution in [0.5, 0.6) is 0 Å². The molecule has 1 fully saturated rings. The fourth-order valence-corrected chi connectivity index (χ4v) is 3.61. The molecule has 0 spiro atoms. The normalized spacial score (nSPS) is 19.0. The third kappa shape index (κ3) is 3.33. The van der Waals surface area contributed by atoms with Gasteiger partial charge in [-0.05, 0) is 57.2 Å². The van der Waals surface area contributed by atoms with Crippen molar-refractivity contribution in [2.24, 2.45) is 10.8 Å². The molecule has 1 aliphatic rings. The highest BCUT2D eigenvalue weighted by atomic mass is 16.4. The van der Waals surface area contributed by atoms with Gasteiger partial charge >= 0.3 is 5.97 Å². The molecule has 0 aliphatic carbocycles. The highest BCUT2D eigenvalue weighted by Crippen LogP contribution is 2.49. The van der Waals surface area contributed by atoms with Gasteiger partial charge in [-0.15, -0.1) is 0 Å². The Morgan fingerprint density at radius 3 is 2.32 bits per heavy atom. The zero-order valence-electron chi connectivity index (χ0n) is 13.6. The number of hydrogen-bond acceptors (Lipinski definition) is 3. The predicted molar refractivity (Wildman–Crippen MR) is 86.5 cm³/mol. The monoisotopic (exact) mass is 305 g/mol. The molecule has 2 N–H and O–H groups in total. The van der Waals surface area contributed by atoms with Crippen LogP contribution in [0.25, 0.3) is 0 Å². The van der Waals surface area contributed by atoms with Crippen molar-refractivity contribution in [3.63, 3.8) is 0 Å². The zero-order valence-corrected chi connectivity index (χ0v) is 13.6. The molecule has 22 heavy (non-hydrogen) atoms. The van der Waals surface area contributed by atoms with Gasteiger partial charge in [0.2, 0.25) is 0 Å². The highest BCUT2D eigenvalue weighted by Gasteiger charge is 2.50. The van der Waals surface area contributed by atoms with Gasteiger partial charge in [0, 0.05) is 13.2 Å². The average Bonchev–Trinajstić information content (AvgIpc) is 2.50. The van der Waals surface area contributed by atoms with Crippen molar-refractivity contribution >= 4 is 5.97 Å². The van der Waals surface area contributed by atoms with E-state index >= 15 is 0 Å². The Morgan fingerprint density at radius 1 is 1.23 bits per heavy atom. The summed E-state index contributed by atoms with van der Waals surface area (Å²) in [5, 5.41) is 19.0. The Hall–Kier alpha value is -1.39. The van der Waals surface area contributed by atoms with Gasteiger partial charge in [0.1, 0.15) is 0 Å². The van der Waals surface area contributed by atoms with Crippen molar-refractivity contribution in [2.75, 3.05) is 19.7 Å². The summed E-state index contributed by atoms with van der Waals surface area (Å²) in [6.07, 6.45) is 2.20. The van der Waals surface area contributed by atoms with Crippen LogP contribution in [0.1, 0.15) is 38.7 Å². The zero-order chi connectivity index (χ0) is 16.2. The second-order valence-corrected chi connectivity index (χ2v) is 6.95. The predicted octanol–water partition coefficient (Wildman–Crippen LogP) is 2.76. The second-order valence-electron chi connectivity index (χ2n) is 6.95. The van der Waals surface area contributed by atoms with Crippen LogP contribution in [-0.2, 0) is 11.3 Å². The number of aliphatic hydroxyl groups excluding tert-OH is 1. The van der Waals surface area contributed by atoms with Gasteiger partial charge in [-0.25, -0.2) is 0 Å². The molecule has 1 saturated heterocycles. The van der Waals surface area contributed by atoms with E-state index in [0.29, 0.717) is 6.42 Å². The van der Waals surface area contributed by atoms with Crippen LogP contribution < -0.4 is 0 Å².